The number of halogens is 1. The van der Waals surface area contributed by atoms with Gasteiger partial charge < -0.3 is 9.52 Å². The third-order valence-corrected chi connectivity index (χ3v) is 1.52. The molecule has 0 bridgehead atoms. The molecule has 0 aromatic carbocycles. The molecule has 0 aliphatic heterocycles. The SMILES string of the molecule is CC(C)c1oc(Cl)nc1C(=O)O. The lowest BCUT2D eigenvalue weighted by Crippen LogP contribution is -2.01. The fourth-order valence-electron chi connectivity index (χ4n) is 0.849. The van der Waals surface area contributed by atoms with Gasteiger partial charge in [-0.15, -0.1) is 0 Å². The summed E-state index contributed by atoms with van der Waals surface area (Å²) >= 11 is 5.41. The van der Waals surface area contributed by atoms with E-state index in [1.807, 2.05) is 13.8 Å². The van der Waals surface area contributed by atoms with E-state index in [-0.39, 0.29) is 17.0 Å². The van der Waals surface area contributed by atoms with E-state index in [1.165, 1.54) is 0 Å². The summed E-state index contributed by atoms with van der Waals surface area (Å²) in [6.07, 6.45) is 0. The number of nitrogens with zero attached hydrogens (tertiary/aromatic N) is 1. The van der Waals surface area contributed by atoms with Gasteiger partial charge in [0.2, 0.25) is 0 Å². The van der Waals surface area contributed by atoms with Gasteiger partial charge in [-0.05, 0) is 11.6 Å². The Morgan fingerprint density at radius 3 is 2.58 bits per heavy atom. The van der Waals surface area contributed by atoms with Crippen LogP contribution in [0.25, 0.3) is 0 Å². The average Bonchev–Trinajstić information content (AvgIpc) is 2.31. The van der Waals surface area contributed by atoms with Crippen LogP contribution in [-0.4, -0.2) is 16.1 Å². The molecule has 0 radical (unpaired) electrons. The number of oxazole rings is 1. The Kier molecular flexibility index (Phi) is 2.38. The first-order valence-corrected chi connectivity index (χ1v) is 3.79. The Morgan fingerprint density at radius 2 is 2.25 bits per heavy atom. The highest BCUT2D eigenvalue weighted by molar-refractivity contribution is 6.27. The molecule has 5 heteroatoms. The van der Waals surface area contributed by atoms with E-state index in [4.69, 9.17) is 21.1 Å². The standard InChI is InChI=1S/C7H8ClNO3/c1-3(2)5-4(6(10)11)9-7(8)12-5/h3H,1-2H3,(H,10,11). The van der Waals surface area contributed by atoms with Gasteiger partial charge in [0.15, 0.2) is 5.69 Å². The molecule has 0 aliphatic rings. The fourth-order valence-corrected chi connectivity index (χ4v) is 1.02. The summed E-state index contributed by atoms with van der Waals surface area (Å²) in [5.41, 5.74) is -0.102. The highest BCUT2D eigenvalue weighted by Crippen LogP contribution is 2.22. The van der Waals surface area contributed by atoms with Crippen molar-refractivity contribution in [1.82, 2.24) is 4.98 Å². The van der Waals surface area contributed by atoms with Gasteiger partial charge >= 0.3 is 5.97 Å². The summed E-state index contributed by atoms with van der Waals surface area (Å²) in [6.45, 7) is 3.62. The second kappa shape index (κ2) is 3.15. The molecule has 4 nitrogen and oxygen atoms in total. The van der Waals surface area contributed by atoms with Gasteiger partial charge in [0.05, 0.1) is 0 Å². The molecule has 0 fully saturated rings. The molecule has 0 saturated carbocycles. The molecule has 1 N–H and O–H groups in total. The molecular formula is C7H8ClNO3. The Balaban J connectivity index is 3.17. The number of carboxylic acids is 1. The zero-order valence-corrected chi connectivity index (χ0v) is 7.42. The van der Waals surface area contributed by atoms with Gasteiger partial charge in [-0.2, -0.15) is 4.98 Å². The van der Waals surface area contributed by atoms with Gasteiger partial charge in [-0.3, -0.25) is 0 Å². The molecule has 1 aromatic heterocycles. The van der Waals surface area contributed by atoms with Crippen molar-refractivity contribution in [3.63, 3.8) is 0 Å². The van der Waals surface area contributed by atoms with Gasteiger partial charge in [0.25, 0.3) is 5.35 Å². The maximum atomic E-state index is 10.6. The van der Waals surface area contributed by atoms with E-state index in [2.05, 4.69) is 4.98 Å². The number of carboxylic acid groups (broad SMARTS) is 1. The lowest BCUT2D eigenvalue weighted by atomic mass is 10.1. The van der Waals surface area contributed by atoms with Crippen molar-refractivity contribution in [2.24, 2.45) is 0 Å². The zero-order chi connectivity index (χ0) is 9.30. The first-order valence-electron chi connectivity index (χ1n) is 3.42. The van der Waals surface area contributed by atoms with Crippen LogP contribution < -0.4 is 0 Å². The van der Waals surface area contributed by atoms with E-state index in [0.717, 1.165) is 0 Å². The van der Waals surface area contributed by atoms with Crippen LogP contribution in [-0.2, 0) is 0 Å². The van der Waals surface area contributed by atoms with Gasteiger partial charge in [0, 0.05) is 5.92 Å². The molecule has 0 saturated heterocycles. The quantitative estimate of drug-likeness (QED) is 0.774. The van der Waals surface area contributed by atoms with Crippen molar-refractivity contribution in [2.45, 2.75) is 19.8 Å². The van der Waals surface area contributed by atoms with Gasteiger partial charge in [-0.25, -0.2) is 4.79 Å². The van der Waals surface area contributed by atoms with Crippen molar-refractivity contribution in [3.05, 3.63) is 16.8 Å². The Bertz CT molecular complexity index is 306. The number of hydrogen-bond acceptors (Lipinski definition) is 3. The molecule has 12 heavy (non-hydrogen) atoms. The van der Waals surface area contributed by atoms with Crippen molar-refractivity contribution in [3.8, 4) is 0 Å². The summed E-state index contributed by atoms with van der Waals surface area (Å²) < 4.78 is 4.91. The monoisotopic (exact) mass is 189 g/mol. The molecule has 1 rings (SSSR count). The molecule has 1 aromatic rings. The first kappa shape index (κ1) is 9.06. The molecule has 66 valence electrons. The lowest BCUT2D eigenvalue weighted by molar-refractivity contribution is 0.0688. The van der Waals surface area contributed by atoms with Crippen LogP contribution in [0, 0.1) is 0 Å². The smallest absolute Gasteiger partial charge is 0.358 e. The number of aromatic carboxylic acids is 1. The van der Waals surface area contributed by atoms with Crippen molar-refractivity contribution in [2.75, 3.05) is 0 Å². The Hall–Kier alpha value is -1.03. The summed E-state index contributed by atoms with van der Waals surface area (Å²) in [7, 11) is 0. The van der Waals surface area contributed by atoms with E-state index < -0.39 is 5.97 Å². The van der Waals surface area contributed by atoms with E-state index in [9.17, 15) is 4.79 Å². The molecule has 0 unspecified atom stereocenters. The van der Waals surface area contributed by atoms with E-state index in [0.29, 0.717) is 5.76 Å². The first-order chi connectivity index (χ1) is 5.52. The van der Waals surface area contributed by atoms with Crippen molar-refractivity contribution in [1.29, 1.82) is 0 Å². The van der Waals surface area contributed by atoms with Crippen LogP contribution in [0.15, 0.2) is 4.42 Å². The summed E-state index contributed by atoms with van der Waals surface area (Å²) in [6, 6.07) is 0. The van der Waals surface area contributed by atoms with Crippen LogP contribution >= 0.6 is 11.6 Å². The molecule has 0 spiro atoms. The fraction of sp³-hybridized carbons (Fsp3) is 0.429. The van der Waals surface area contributed by atoms with Gasteiger partial charge in [-0.1, -0.05) is 13.8 Å². The maximum Gasteiger partial charge on any atom is 0.358 e. The summed E-state index contributed by atoms with van der Waals surface area (Å²) in [5, 5.41) is 8.52. The highest BCUT2D eigenvalue weighted by Gasteiger charge is 2.20. The second-order valence-electron chi connectivity index (χ2n) is 2.64. The van der Waals surface area contributed by atoms with Crippen molar-refractivity contribution >= 4 is 17.6 Å². The van der Waals surface area contributed by atoms with Crippen LogP contribution in [0.5, 0.6) is 0 Å². The average molecular weight is 190 g/mol. The highest BCUT2D eigenvalue weighted by atomic mass is 35.5. The molecule has 0 amide bonds. The molecule has 1 heterocycles. The maximum absolute atomic E-state index is 10.6. The minimum atomic E-state index is -1.12. The van der Waals surface area contributed by atoms with E-state index >= 15 is 0 Å². The third kappa shape index (κ3) is 1.58. The largest absolute Gasteiger partial charge is 0.476 e. The molecule has 0 atom stereocenters. The predicted octanol–water partition coefficient (Wildman–Crippen LogP) is 2.15. The number of rotatable bonds is 2. The number of carbonyl (C=O) groups is 1. The zero-order valence-electron chi connectivity index (χ0n) is 6.67. The Morgan fingerprint density at radius 1 is 1.67 bits per heavy atom. The summed E-state index contributed by atoms with van der Waals surface area (Å²) in [4.78, 5) is 14.1. The van der Waals surface area contributed by atoms with Crippen LogP contribution in [0.2, 0.25) is 5.35 Å². The van der Waals surface area contributed by atoms with Gasteiger partial charge in [0.1, 0.15) is 5.76 Å². The minimum absolute atomic E-state index is 0.0314. The second-order valence-corrected chi connectivity index (χ2v) is 2.96. The normalized spacial score (nSPS) is 10.7. The number of hydrogen-bond donors (Lipinski definition) is 1. The third-order valence-electron chi connectivity index (χ3n) is 1.35. The predicted molar refractivity (Wildman–Crippen MR) is 42.6 cm³/mol. The van der Waals surface area contributed by atoms with Crippen LogP contribution in [0.3, 0.4) is 0 Å². The minimum Gasteiger partial charge on any atom is -0.476 e. The van der Waals surface area contributed by atoms with Crippen LogP contribution in [0.4, 0.5) is 0 Å². The number of aromatic nitrogens is 1. The Labute approximate surface area is 74.2 Å². The van der Waals surface area contributed by atoms with Crippen molar-refractivity contribution < 1.29 is 14.3 Å². The van der Waals surface area contributed by atoms with Crippen LogP contribution in [0.1, 0.15) is 36.0 Å². The molecular weight excluding hydrogens is 182 g/mol. The topological polar surface area (TPSA) is 63.3 Å². The van der Waals surface area contributed by atoms with E-state index in [1.54, 1.807) is 0 Å². The lowest BCUT2D eigenvalue weighted by Gasteiger charge is -1.98. The molecule has 0 aliphatic carbocycles. The summed E-state index contributed by atoms with van der Waals surface area (Å²) in [5.74, 6) is -0.835.